The maximum atomic E-state index is 10.5. The van der Waals surface area contributed by atoms with Crippen LogP contribution in [0.4, 0.5) is 0 Å². The zero-order valence-corrected chi connectivity index (χ0v) is 15.9. The molecule has 29 heavy (non-hydrogen) atoms. The molecule has 0 amide bonds. The van der Waals surface area contributed by atoms with Gasteiger partial charge in [0.05, 0.1) is 6.61 Å². The molecule has 0 radical (unpaired) electrons. The van der Waals surface area contributed by atoms with Crippen LogP contribution >= 0.6 is 0 Å². The van der Waals surface area contributed by atoms with Gasteiger partial charge in [0.15, 0.2) is 0 Å². The number of aliphatic hydroxyl groups excluding tert-OH is 1. The third-order valence-corrected chi connectivity index (χ3v) is 4.82. The second-order valence-electron chi connectivity index (χ2n) is 6.59. The quantitative estimate of drug-likeness (QED) is 0.334. The van der Waals surface area contributed by atoms with E-state index in [0.717, 1.165) is 32.7 Å². The number of aliphatic hydroxyl groups is 1. The number of hydrogen-bond donors (Lipinski definition) is 1. The molecule has 1 N–H and O–H groups in total. The van der Waals surface area contributed by atoms with Crippen LogP contribution in [-0.4, -0.2) is 31.5 Å². The van der Waals surface area contributed by atoms with E-state index in [-0.39, 0.29) is 26.4 Å². The van der Waals surface area contributed by atoms with E-state index in [0.29, 0.717) is 11.5 Å². The van der Waals surface area contributed by atoms with Gasteiger partial charge < -0.3 is 14.6 Å². The van der Waals surface area contributed by atoms with Crippen molar-refractivity contribution < 1.29 is 14.6 Å². The molecule has 0 atom stereocenters. The molecule has 5 heteroatoms. The average Bonchev–Trinajstić information content (AvgIpc) is 2.77. The Morgan fingerprint density at radius 3 is 1.72 bits per heavy atom. The van der Waals surface area contributed by atoms with Crippen molar-refractivity contribution in [3.8, 4) is 22.6 Å². The lowest BCUT2D eigenvalue weighted by Crippen LogP contribution is -2.05. The molecule has 0 spiro atoms. The molecule has 4 rings (SSSR count). The largest absolute Gasteiger partial charge is 0.491 e. The van der Waals surface area contributed by atoms with E-state index in [1.807, 2.05) is 54.6 Å². The maximum Gasteiger partial charge on any atom is 0.128 e. The molecule has 0 aromatic heterocycles. The van der Waals surface area contributed by atoms with Crippen LogP contribution < -0.4 is 9.47 Å². The molecular weight excluding hydrogens is 366 g/mol. The van der Waals surface area contributed by atoms with Gasteiger partial charge in [0.1, 0.15) is 31.3 Å². The van der Waals surface area contributed by atoms with Gasteiger partial charge >= 0.3 is 0 Å². The lowest BCUT2D eigenvalue weighted by molar-refractivity contribution is 0.202. The van der Waals surface area contributed by atoms with E-state index in [4.69, 9.17) is 9.47 Å². The fourth-order valence-electron chi connectivity index (χ4n) is 3.61. The first kappa shape index (κ1) is 18.9. The Bertz CT molecular complexity index is 1160. The monoisotopic (exact) mass is 387 g/mol. The third kappa shape index (κ3) is 3.77. The predicted octanol–water partition coefficient (Wildman–Crippen LogP) is 5.18. The summed E-state index contributed by atoms with van der Waals surface area (Å²) in [6.45, 7) is 0.402. The molecule has 4 aromatic carbocycles. The molecule has 146 valence electrons. The zero-order valence-electron chi connectivity index (χ0n) is 15.9. The van der Waals surface area contributed by atoms with Crippen molar-refractivity contribution >= 4 is 21.5 Å². The summed E-state index contributed by atoms with van der Waals surface area (Å²) >= 11 is 0. The van der Waals surface area contributed by atoms with Crippen LogP contribution in [0.3, 0.4) is 0 Å². The van der Waals surface area contributed by atoms with Crippen molar-refractivity contribution in [2.24, 2.45) is 5.18 Å². The van der Waals surface area contributed by atoms with Crippen molar-refractivity contribution in [2.45, 2.75) is 0 Å². The van der Waals surface area contributed by atoms with Crippen LogP contribution in [0, 0.1) is 4.91 Å². The third-order valence-electron chi connectivity index (χ3n) is 4.82. The number of nitrogens with zero attached hydrogens (tertiary/aromatic N) is 1. The van der Waals surface area contributed by atoms with Gasteiger partial charge in [-0.3, -0.25) is 0 Å². The molecule has 4 aromatic rings. The van der Waals surface area contributed by atoms with Gasteiger partial charge in [-0.2, -0.15) is 4.91 Å². The average molecular weight is 387 g/mol. The summed E-state index contributed by atoms with van der Waals surface area (Å²) in [4.78, 5) is 10.5. The lowest BCUT2D eigenvalue weighted by atomic mass is 9.92. The number of nitroso groups, excluding NO2 is 1. The molecule has 0 aliphatic rings. The normalized spacial score (nSPS) is 10.9. The molecular formula is C24H21NO4. The Morgan fingerprint density at radius 2 is 1.21 bits per heavy atom. The SMILES string of the molecule is O=NCCOc1ccc2ccccc2c1-c1c(OCCO)ccc2ccccc12. The van der Waals surface area contributed by atoms with Crippen molar-refractivity contribution in [3.05, 3.63) is 77.7 Å². The second kappa shape index (κ2) is 8.71. The molecule has 0 bridgehead atoms. The first-order valence-electron chi connectivity index (χ1n) is 9.53. The first-order valence-corrected chi connectivity index (χ1v) is 9.53. The number of rotatable bonds is 8. The van der Waals surface area contributed by atoms with Crippen LogP contribution in [-0.2, 0) is 0 Å². The minimum atomic E-state index is -0.0732. The number of ether oxygens (including phenoxy) is 2. The molecule has 0 saturated carbocycles. The molecule has 0 fully saturated rings. The van der Waals surface area contributed by atoms with Crippen molar-refractivity contribution in [1.82, 2.24) is 0 Å². The van der Waals surface area contributed by atoms with E-state index in [1.165, 1.54) is 0 Å². The van der Waals surface area contributed by atoms with Gasteiger partial charge in [-0.15, -0.1) is 0 Å². The number of benzene rings is 4. The Labute approximate surface area is 168 Å². The van der Waals surface area contributed by atoms with E-state index in [2.05, 4.69) is 23.4 Å². The summed E-state index contributed by atoms with van der Waals surface area (Å²) in [7, 11) is 0. The van der Waals surface area contributed by atoms with Gasteiger partial charge in [0.2, 0.25) is 0 Å². The van der Waals surface area contributed by atoms with E-state index in [9.17, 15) is 10.0 Å². The highest BCUT2D eigenvalue weighted by atomic mass is 16.5. The minimum absolute atomic E-state index is 0.0732. The van der Waals surface area contributed by atoms with Crippen LogP contribution in [0.25, 0.3) is 32.7 Å². The molecule has 0 unspecified atom stereocenters. The van der Waals surface area contributed by atoms with Crippen LogP contribution in [0.1, 0.15) is 0 Å². The van der Waals surface area contributed by atoms with Gasteiger partial charge in [-0.05, 0) is 33.7 Å². The second-order valence-corrected chi connectivity index (χ2v) is 6.59. The first-order chi connectivity index (χ1) is 14.3. The summed E-state index contributed by atoms with van der Waals surface area (Å²) in [6.07, 6.45) is 0. The molecule has 0 aliphatic heterocycles. The van der Waals surface area contributed by atoms with E-state index in [1.54, 1.807) is 0 Å². The zero-order chi connectivity index (χ0) is 20.1. The number of hydrogen-bond acceptors (Lipinski definition) is 5. The van der Waals surface area contributed by atoms with Gasteiger partial charge in [-0.25, -0.2) is 0 Å². The molecule has 0 heterocycles. The number of fused-ring (bicyclic) bond motifs is 2. The minimum Gasteiger partial charge on any atom is -0.491 e. The smallest absolute Gasteiger partial charge is 0.128 e. The fraction of sp³-hybridized carbons (Fsp3) is 0.167. The molecule has 0 aliphatic carbocycles. The fourth-order valence-corrected chi connectivity index (χ4v) is 3.61. The predicted molar refractivity (Wildman–Crippen MR) is 116 cm³/mol. The highest BCUT2D eigenvalue weighted by molar-refractivity contribution is 6.09. The Morgan fingerprint density at radius 1 is 0.690 bits per heavy atom. The van der Waals surface area contributed by atoms with Gasteiger partial charge in [0, 0.05) is 11.1 Å². The highest BCUT2D eigenvalue weighted by Crippen LogP contribution is 2.45. The maximum absolute atomic E-state index is 10.5. The molecule has 0 saturated heterocycles. The topological polar surface area (TPSA) is 68.1 Å². The standard InChI is InChI=1S/C24H21NO4/c26-14-16-29-22-12-10-18-6-2-4-8-20(18)24(22)23-19-7-3-1-5-17(19)9-11-21(23)28-15-13-25-27/h1-12,26H,13-16H2. The Balaban J connectivity index is 2.03. The van der Waals surface area contributed by atoms with Crippen molar-refractivity contribution in [2.75, 3.05) is 26.4 Å². The van der Waals surface area contributed by atoms with Crippen molar-refractivity contribution in [3.63, 3.8) is 0 Å². The summed E-state index contributed by atoms with van der Waals surface area (Å²) in [5, 5.41) is 16.4. The van der Waals surface area contributed by atoms with E-state index >= 15 is 0 Å². The Kier molecular flexibility index (Phi) is 5.68. The summed E-state index contributed by atoms with van der Waals surface area (Å²) in [5.41, 5.74) is 1.81. The molecule has 5 nitrogen and oxygen atoms in total. The Hall–Kier alpha value is -3.44. The van der Waals surface area contributed by atoms with E-state index < -0.39 is 0 Å². The van der Waals surface area contributed by atoms with Crippen LogP contribution in [0.5, 0.6) is 11.5 Å². The highest BCUT2D eigenvalue weighted by Gasteiger charge is 2.19. The van der Waals surface area contributed by atoms with Crippen LogP contribution in [0.2, 0.25) is 0 Å². The van der Waals surface area contributed by atoms with Gasteiger partial charge in [0.25, 0.3) is 0 Å². The summed E-state index contributed by atoms with van der Waals surface area (Å²) in [6, 6.07) is 24.0. The summed E-state index contributed by atoms with van der Waals surface area (Å²) < 4.78 is 11.9. The summed E-state index contributed by atoms with van der Waals surface area (Å²) in [5.74, 6) is 1.34. The van der Waals surface area contributed by atoms with Crippen LogP contribution in [0.15, 0.2) is 78.0 Å². The van der Waals surface area contributed by atoms with Gasteiger partial charge in [-0.1, -0.05) is 65.8 Å². The van der Waals surface area contributed by atoms with Crippen molar-refractivity contribution in [1.29, 1.82) is 0 Å². The lowest BCUT2D eigenvalue weighted by Gasteiger charge is -2.19.